The van der Waals surface area contributed by atoms with Crippen LogP contribution < -0.4 is 27.0 Å². The molecule has 0 saturated heterocycles. The molecule has 12 heteroatoms. The fourth-order valence-electron chi connectivity index (χ4n) is 4.79. The van der Waals surface area contributed by atoms with Crippen LogP contribution in [-0.2, 0) is 35.5 Å². The highest BCUT2D eigenvalue weighted by atomic mass is 32.2. The van der Waals surface area contributed by atoms with Crippen LogP contribution >= 0.6 is 23.5 Å². The zero-order valence-corrected chi connectivity index (χ0v) is 29.7. The molecule has 1 aliphatic heterocycles. The van der Waals surface area contributed by atoms with Gasteiger partial charge in [-0.25, -0.2) is 0 Å². The van der Waals surface area contributed by atoms with Gasteiger partial charge in [-0.2, -0.15) is 23.5 Å². The van der Waals surface area contributed by atoms with E-state index >= 15 is 0 Å². The van der Waals surface area contributed by atoms with Gasteiger partial charge in [0.25, 0.3) is 0 Å². The molecule has 1 heterocycles. The lowest BCUT2D eigenvalue weighted by atomic mass is 9.96. The van der Waals surface area contributed by atoms with Crippen molar-refractivity contribution in [1.82, 2.24) is 21.3 Å². The summed E-state index contributed by atoms with van der Waals surface area (Å²) in [6.45, 7) is 15.0. The molecule has 1 aromatic carbocycles. The summed E-state index contributed by atoms with van der Waals surface area (Å²) in [6, 6.07) is 5.31. The van der Waals surface area contributed by atoms with Crippen LogP contribution in [0.5, 0.6) is 0 Å². The van der Waals surface area contributed by atoms with E-state index < -0.39 is 52.0 Å². The summed E-state index contributed by atoms with van der Waals surface area (Å²) in [7, 11) is 0. The van der Waals surface area contributed by atoms with Crippen LogP contribution in [0.15, 0.2) is 24.3 Å². The van der Waals surface area contributed by atoms with Crippen molar-refractivity contribution in [2.45, 2.75) is 121 Å². The number of amides is 5. The fourth-order valence-corrected chi connectivity index (χ4v) is 6.78. The number of fused-ring (bicyclic) bond motifs is 2. The van der Waals surface area contributed by atoms with E-state index in [-0.39, 0.29) is 29.9 Å². The van der Waals surface area contributed by atoms with Gasteiger partial charge >= 0.3 is 0 Å². The lowest BCUT2D eigenvalue weighted by molar-refractivity contribution is -0.136. The molecule has 1 aliphatic rings. The van der Waals surface area contributed by atoms with Crippen LogP contribution in [0.1, 0.15) is 92.2 Å². The molecule has 4 atom stereocenters. The second kappa shape index (κ2) is 17.3. The monoisotopic (exact) mass is 663 g/mol. The minimum Gasteiger partial charge on any atom is -0.368 e. The van der Waals surface area contributed by atoms with Crippen LogP contribution in [0.4, 0.5) is 0 Å². The molecule has 0 spiro atoms. The first-order valence-corrected chi connectivity index (χ1v) is 17.9. The lowest BCUT2D eigenvalue weighted by Gasteiger charge is -2.31. The summed E-state index contributed by atoms with van der Waals surface area (Å²) < 4.78 is -0.407. The second-order valence-electron chi connectivity index (χ2n) is 13.6. The first kappa shape index (κ1) is 38.5. The van der Waals surface area contributed by atoms with Gasteiger partial charge in [-0.15, -0.1) is 0 Å². The number of carbonyl (C=O) groups excluding carboxylic acids is 5. The fraction of sp³-hybridized carbons (Fsp3) is 0.667. The number of thioether (sulfide) groups is 2. The van der Waals surface area contributed by atoms with Crippen LogP contribution in [-0.4, -0.2) is 63.7 Å². The minimum atomic E-state index is -1.29. The van der Waals surface area contributed by atoms with Crippen molar-refractivity contribution in [3.8, 4) is 0 Å². The van der Waals surface area contributed by atoms with E-state index in [9.17, 15) is 24.0 Å². The molecule has 6 N–H and O–H groups in total. The van der Waals surface area contributed by atoms with E-state index in [1.165, 1.54) is 11.8 Å². The lowest BCUT2D eigenvalue weighted by Crippen LogP contribution is -2.61. The Morgan fingerprint density at radius 2 is 1.62 bits per heavy atom. The first-order valence-electron chi connectivity index (χ1n) is 15.8. The standard InChI is InChI=1S/C33H53N5O5S2/c1-9-21(4)27-30(42)35-25(28(34)40)19-44-17-22-11-10-12-23(15-22)18-45-32(5,6)16-26(39)38-33(7,8)31(43)36-24(29(41)37-27)14-13-20(2)3/h10-12,15,20-21,24-25,27H,9,13-14,16-19H2,1-8H3,(H2,34,40)(H,35,42)(H,36,43)(H,37,41)(H,38,39)/t21-,24-,25-,27-/m0/s1. The Hall–Kier alpha value is -2.73. The molecule has 45 heavy (non-hydrogen) atoms. The predicted octanol–water partition coefficient (Wildman–Crippen LogP) is 3.65. The van der Waals surface area contributed by atoms with E-state index in [1.54, 1.807) is 25.6 Å². The Balaban J connectivity index is 2.44. The molecule has 1 aromatic rings. The highest BCUT2D eigenvalue weighted by molar-refractivity contribution is 7.99. The molecule has 2 rings (SSSR count). The van der Waals surface area contributed by atoms with E-state index in [4.69, 9.17) is 5.73 Å². The van der Waals surface area contributed by atoms with Crippen molar-refractivity contribution in [3.05, 3.63) is 35.4 Å². The van der Waals surface area contributed by atoms with Crippen LogP contribution in [0.25, 0.3) is 0 Å². The number of rotatable bonds is 6. The second-order valence-corrected chi connectivity index (χ2v) is 16.3. The molecule has 0 saturated carbocycles. The Morgan fingerprint density at radius 1 is 0.978 bits per heavy atom. The molecule has 0 fully saturated rings. The topological polar surface area (TPSA) is 159 Å². The molecular formula is C33H53N5O5S2. The normalized spacial score (nSPS) is 24.6. The van der Waals surface area contributed by atoms with Crippen molar-refractivity contribution >= 4 is 53.1 Å². The molecule has 0 radical (unpaired) electrons. The molecule has 0 aliphatic carbocycles. The third-order valence-electron chi connectivity index (χ3n) is 7.89. The van der Waals surface area contributed by atoms with Crippen molar-refractivity contribution in [2.24, 2.45) is 17.6 Å². The van der Waals surface area contributed by atoms with Gasteiger partial charge in [-0.05, 0) is 49.7 Å². The summed E-state index contributed by atoms with van der Waals surface area (Å²) >= 11 is 3.13. The zero-order valence-electron chi connectivity index (χ0n) is 28.1. The Kier molecular flexibility index (Phi) is 14.7. The average molecular weight is 664 g/mol. The van der Waals surface area contributed by atoms with Gasteiger partial charge in [0.05, 0.1) is 0 Å². The van der Waals surface area contributed by atoms with Gasteiger partial charge in [0, 0.05) is 28.4 Å². The maximum atomic E-state index is 13.7. The van der Waals surface area contributed by atoms with Crippen molar-refractivity contribution in [1.29, 1.82) is 0 Å². The summed E-state index contributed by atoms with van der Waals surface area (Å²) in [5.74, 6) is -0.858. The summed E-state index contributed by atoms with van der Waals surface area (Å²) in [6.07, 6.45) is 1.78. The maximum absolute atomic E-state index is 13.7. The van der Waals surface area contributed by atoms with Crippen LogP contribution in [0.2, 0.25) is 0 Å². The number of hydrogen-bond donors (Lipinski definition) is 5. The maximum Gasteiger partial charge on any atom is 0.245 e. The molecule has 10 nitrogen and oxygen atoms in total. The molecule has 2 bridgehead atoms. The van der Waals surface area contributed by atoms with Crippen molar-refractivity contribution < 1.29 is 24.0 Å². The first-order chi connectivity index (χ1) is 20.9. The van der Waals surface area contributed by atoms with Gasteiger partial charge in [0.2, 0.25) is 29.5 Å². The minimum absolute atomic E-state index is 0.196. The smallest absolute Gasteiger partial charge is 0.245 e. The third kappa shape index (κ3) is 12.9. The number of carbonyl (C=O) groups is 5. The Labute approximate surface area is 277 Å². The number of nitrogens with two attached hydrogens (primary N) is 1. The molecule has 0 aromatic heterocycles. The Bertz CT molecular complexity index is 1210. The highest BCUT2D eigenvalue weighted by Crippen LogP contribution is 2.32. The van der Waals surface area contributed by atoms with E-state index in [0.29, 0.717) is 30.8 Å². The van der Waals surface area contributed by atoms with Gasteiger partial charge in [-0.3, -0.25) is 24.0 Å². The van der Waals surface area contributed by atoms with Gasteiger partial charge in [0.1, 0.15) is 23.7 Å². The van der Waals surface area contributed by atoms with Crippen molar-refractivity contribution in [2.75, 3.05) is 5.75 Å². The number of hydrogen-bond acceptors (Lipinski definition) is 7. The van der Waals surface area contributed by atoms with Crippen LogP contribution in [0.3, 0.4) is 0 Å². The molecular weight excluding hydrogens is 611 g/mol. The molecule has 0 unspecified atom stereocenters. The Morgan fingerprint density at radius 3 is 2.22 bits per heavy atom. The quantitative estimate of drug-likeness (QED) is 0.311. The number of primary amides is 1. The number of benzene rings is 1. The average Bonchev–Trinajstić information content (AvgIpc) is 2.94. The van der Waals surface area contributed by atoms with Crippen molar-refractivity contribution in [3.63, 3.8) is 0 Å². The van der Waals surface area contributed by atoms with Gasteiger partial charge < -0.3 is 27.0 Å². The number of nitrogens with one attached hydrogen (secondary N) is 4. The van der Waals surface area contributed by atoms with Gasteiger partial charge in [0.15, 0.2) is 0 Å². The molecule has 5 amide bonds. The summed E-state index contributed by atoms with van der Waals surface area (Å²) in [5, 5.41) is 11.3. The molecule has 252 valence electrons. The predicted molar refractivity (Wildman–Crippen MR) is 183 cm³/mol. The van der Waals surface area contributed by atoms with Gasteiger partial charge in [-0.1, -0.05) is 72.2 Å². The van der Waals surface area contributed by atoms with E-state index in [2.05, 4.69) is 27.3 Å². The highest BCUT2D eigenvalue weighted by Gasteiger charge is 2.36. The third-order valence-corrected chi connectivity index (χ3v) is 10.4. The summed E-state index contributed by atoms with van der Waals surface area (Å²) in [5.41, 5.74) is 6.56. The van der Waals surface area contributed by atoms with E-state index in [0.717, 1.165) is 11.1 Å². The summed E-state index contributed by atoms with van der Waals surface area (Å²) in [4.78, 5) is 66.2. The SMILES string of the molecule is CC[C@H](C)[C@@H]1NC(=O)[C@H](CCC(C)C)NC(=O)C(C)(C)NC(=O)CC(C)(C)SCc2cccc(c2)CSC[C@@H](C(N)=O)NC1=O. The van der Waals surface area contributed by atoms with E-state index in [1.807, 2.05) is 59.7 Å². The largest absolute Gasteiger partial charge is 0.368 e. The zero-order chi connectivity index (χ0) is 33.9. The van der Waals surface area contributed by atoms with Crippen LogP contribution in [0, 0.1) is 11.8 Å².